The molecule has 0 radical (unpaired) electrons. The number of hydrogen-bond donors (Lipinski definition) is 1. The summed E-state index contributed by atoms with van der Waals surface area (Å²) < 4.78 is 29.0. The van der Waals surface area contributed by atoms with Crippen LogP contribution in [0.15, 0.2) is 42.5 Å². The number of anilines is 2. The Morgan fingerprint density at radius 3 is 2.52 bits per heavy atom. The van der Waals surface area contributed by atoms with Crippen LogP contribution in [0.1, 0.15) is 5.56 Å². The van der Waals surface area contributed by atoms with Gasteiger partial charge in [-0.05, 0) is 30.7 Å². The van der Waals surface area contributed by atoms with E-state index < -0.39 is 11.6 Å². The Hall–Kier alpha value is -2.89. The number of hydrogen-bond acceptors (Lipinski definition) is 3. The van der Waals surface area contributed by atoms with Crippen molar-refractivity contribution in [2.75, 3.05) is 30.9 Å². The summed E-state index contributed by atoms with van der Waals surface area (Å²) in [6.45, 7) is 0.777. The quantitative estimate of drug-likeness (QED) is 0.786. The Balaban J connectivity index is 1.83. The van der Waals surface area contributed by atoms with Crippen LogP contribution >= 0.6 is 0 Å². The van der Waals surface area contributed by atoms with Gasteiger partial charge in [0.15, 0.2) is 5.82 Å². The van der Waals surface area contributed by atoms with Gasteiger partial charge in [-0.25, -0.2) is 13.5 Å². The monoisotopic (exact) mass is 340 g/mol. The Bertz CT molecular complexity index is 929. The van der Waals surface area contributed by atoms with Gasteiger partial charge in [0.1, 0.15) is 17.3 Å². The lowest BCUT2D eigenvalue weighted by Gasteiger charge is -2.12. The molecule has 4 rings (SSSR count). The summed E-state index contributed by atoms with van der Waals surface area (Å²) in [6.07, 6.45) is 0.822. The van der Waals surface area contributed by atoms with Crippen LogP contribution in [0.25, 0.3) is 16.9 Å². The maximum atomic E-state index is 14.2. The van der Waals surface area contributed by atoms with E-state index in [9.17, 15) is 8.78 Å². The Labute approximate surface area is 144 Å². The molecule has 1 aliphatic heterocycles. The third kappa shape index (κ3) is 2.63. The van der Waals surface area contributed by atoms with Crippen molar-refractivity contribution in [1.82, 2.24) is 9.78 Å². The fourth-order valence-corrected chi connectivity index (χ4v) is 3.15. The van der Waals surface area contributed by atoms with Crippen LogP contribution in [0.3, 0.4) is 0 Å². The molecule has 4 nitrogen and oxygen atoms in total. The van der Waals surface area contributed by atoms with Crippen molar-refractivity contribution in [2.45, 2.75) is 6.42 Å². The minimum atomic E-state index is -0.631. The minimum Gasteiger partial charge on any atom is -0.378 e. The van der Waals surface area contributed by atoms with Crippen LogP contribution in [0.5, 0.6) is 0 Å². The first-order valence-corrected chi connectivity index (χ1v) is 8.13. The first kappa shape index (κ1) is 15.6. The topological polar surface area (TPSA) is 33.1 Å². The van der Waals surface area contributed by atoms with Crippen molar-refractivity contribution >= 4 is 11.5 Å². The molecule has 25 heavy (non-hydrogen) atoms. The van der Waals surface area contributed by atoms with E-state index in [1.54, 1.807) is 0 Å². The smallest absolute Gasteiger partial charge is 0.151 e. The number of benzene rings is 2. The summed E-state index contributed by atoms with van der Waals surface area (Å²) >= 11 is 0. The Morgan fingerprint density at radius 2 is 1.84 bits per heavy atom. The van der Waals surface area contributed by atoms with Gasteiger partial charge in [0.25, 0.3) is 0 Å². The lowest BCUT2D eigenvalue weighted by Crippen LogP contribution is -2.08. The zero-order valence-electron chi connectivity index (χ0n) is 14.1. The van der Waals surface area contributed by atoms with Crippen LogP contribution in [-0.2, 0) is 6.42 Å². The van der Waals surface area contributed by atoms with Gasteiger partial charge in [-0.1, -0.05) is 12.1 Å². The average Bonchev–Trinajstić information content (AvgIpc) is 3.18. The number of halogens is 2. The molecule has 0 unspecified atom stereocenters. The van der Waals surface area contributed by atoms with Crippen LogP contribution < -0.4 is 10.2 Å². The van der Waals surface area contributed by atoms with E-state index in [1.165, 1.54) is 16.8 Å². The van der Waals surface area contributed by atoms with E-state index in [-0.39, 0.29) is 5.69 Å². The van der Waals surface area contributed by atoms with E-state index >= 15 is 0 Å². The van der Waals surface area contributed by atoms with Crippen molar-refractivity contribution in [3.05, 3.63) is 59.7 Å². The second-order valence-electron chi connectivity index (χ2n) is 6.30. The van der Waals surface area contributed by atoms with Crippen LogP contribution in [0.2, 0.25) is 0 Å². The molecule has 3 aromatic rings. The van der Waals surface area contributed by atoms with Gasteiger partial charge in [0.2, 0.25) is 0 Å². The van der Waals surface area contributed by atoms with Gasteiger partial charge in [-0.2, -0.15) is 5.10 Å². The standard InChI is InChI=1S/C19H18F2N4/c1-24(2)14-6-3-12(4-7-14)18-15-9-10-22-19(15)25(23-18)17-8-5-13(20)11-16(17)21/h3-8,11,22H,9-10H2,1-2H3. The van der Waals surface area contributed by atoms with E-state index in [1.807, 2.05) is 43.3 Å². The van der Waals surface area contributed by atoms with Gasteiger partial charge < -0.3 is 10.2 Å². The van der Waals surface area contributed by atoms with E-state index in [4.69, 9.17) is 0 Å². The molecule has 2 heterocycles. The number of nitrogens with zero attached hydrogens (tertiary/aromatic N) is 3. The molecule has 0 saturated heterocycles. The number of rotatable bonds is 3. The maximum absolute atomic E-state index is 14.2. The fraction of sp³-hybridized carbons (Fsp3) is 0.211. The average molecular weight is 340 g/mol. The number of fused-ring (bicyclic) bond motifs is 1. The fourth-order valence-electron chi connectivity index (χ4n) is 3.15. The van der Waals surface area contributed by atoms with Gasteiger partial charge in [-0.15, -0.1) is 0 Å². The molecule has 0 fully saturated rings. The number of aromatic nitrogens is 2. The Kier molecular flexibility index (Phi) is 3.67. The highest BCUT2D eigenvalue weighted by Crippen LogP contribution is 2.35. The normalized spacial score (nSPS) is 12.8. The van der Waals surface area contributed by atoms with Gasteiger partial charge in [-0.3, -0.25) is 0 Å². The zero-order valence-corrected chi connectivity index (χ0v) is 14.1. The van der Waals surface area contributed by atoms with Crippen molar-refractivity contribution in [2.24, 2.45) is 0 Å². The molecule has 0 spiro atoms. The predicted molar refractivity (Wildman–Crippen MR) is 95.4 cm³/mol. The number of nitrogens with one attached hydrogen (secondary N) is 1. The summed E-state index contributed by atoms with van der Waals surface area (Å²) in [5, 5.41) is 7.88. The van der Waals surface area contributed by atoms with Crippen molar-refractivity contribution in [3.8, 4) is 16.9 Å². The molecular weight excluding hydrogens is 322 g/mol. The van der Waals surface area contributed by atoms with Gasteiger partial charge in [0, 0.05) is 43.5 Å². The maximum Gasteiger partial charge on any atom is 0.151 e. The highest BCUT2D eigenvalue weighted by molar-refractivity contribution is 5.74. The van der Waals surface area contributed by atoms with Crippen molar-refractivity contribution in [3.63, 3.8) is 0 Å². The third-order valence-corrected chi connectivity index (χ3v) is 4.45. The van der Waals surface area contributed by atoms with Crippen LogP contribution in [-0.4, -0.2) is 30.4 Å². The molecule has 2 aromatic carbocycles. The first-order chi connectivity index (χ1) is 12.0. The highest BCUT2D eigenvalue weighted by atomic mass is 19.1. The molecule has 6 heteroatoms. The molecule has 0 aliphatic carbocycles. The molecule has 128 valence electrons. The molecule has 0 saturated carbocycles. The molecule has 0 atom stereocenters. The van der Waals surface area contributed by atoms with Gasteiger partial charge >= 0.3 is 0 Å². The summed E-state index contributed by atoms with van der Waals surface area (Å²) in [5.74, 6) is -0.455. The lowest BCUT2D eigenvalue weighted by atomic mass is 10.1. The SMILES string of the molecule is CN(C)c1ccc(-c2nn(-c3ccc(F)cc3F)c3c2CCN3)cc1. The molecular formula is C19H18F2N4. The molecule has 1 N–H and O–H groups in total. The first-order valence-electron chi connectivity index (χ1n) is 8.13. The van der Waals surface area contributed by atoms with E-state index in [0.717, 1.165) is 47.4 Å². The van der Waals surface area contributed by atoms with Crippen LogP contribution in [0, 0.1) is 11.6 Å². The lowest BCUT2D eigenvalue weighted by molar-refractivity contribution is 0.574. The highest BCUT2D eigenvalue weighted by Gasteiger charge is 2.25. The Morgan fingerprint density at radius 1 is 1.08 bits per heavy atom. The summed E-state index contributed by atoms with van der Waals surface area (Å²) in [7, 11) is 3.98. The molecule has 1 aliphatic rings. The predicted octanol–water partition coefficient (Wildman–Crippen LogP) is 3.85. The molecule has 0 bridgehead atoms. The second kappa shape index (κ2) is 5.88. The minimum absolute atomic E-state index is 0.239. The summed E-state index contributed by atoms with van der Waals surface area (Å²) in [6, 6.07) is 11.6. The van der Waals surface area contributed by atoms with Gasteiger partial charge in [0.05, 0.1) is 5.69 Å². The largest absolute Gasteiger partial charge is 0.378 e. The van der Waals surface area contributed by atoms with E-state index in [0.29, 0.717) is 0 Å². The van der Waals surface area contributed by atoms with Crippen molar-refractivity contribution in [1.29, 1.82) is 0 Å². The zero-order chi connectivity index (χ0) is 17.6. The summed E-state index contributed by atoms with van der Waals surface area (Å²) in [5.41, 5.74) is 4.20. The second-order valence-corrected chi connectivity index (χ2v) is 6.30. The third-order valence-electron chi connectivity index (χ3n) is 4.45. The van der Waals surface area contributed by atoms with Crippen LogP contribution in [0.4, 0.5) is 20.3 Å². The van der Waals surface area contributed by atoms with Crippen molar-refractivity contribution < 1.29 is 8.78 Å². The van der Waals surface area contributed by atoms with E-state index in [2.05, 4.69) is 10.4 Å². The molecule has 0 amide bonds. The molecule has 1 aromatic heterocycles. The summed E-state index contributed by atoms with van der Waals surface area (Å²) in [4.78, 5) is 2.03.